The number of hydrogen-bond donors (Lipinski definition) is 2. The van der Waals surface area contributed by atoms with E-state index in [9.17, 15) is 0 Å². The van der Waals surface area contributed by atoms with Crippen molar-refractivity contribution in [3.05, 3.63) is 30.3 Å². The van der Waals surface area contributed by atoms with Crippen molar-refractivity contribution >= 4 is 31.3 Å². The lowest BCUT2D eigenvalue weighted by molar-refractivity contribution is 1.33. The van der Waals surface area contributed by atoms with Gasteiger partial charge in [-0.15, -0.1) is 25.3 Å². The molecule has 0 unspecified atom stereocenters. The van der Waals surface area contributed by atoms with Crippen molar-refractivity contribution in [1.29, 1.82) is 0 Å². The predicted molar refractivity (Wildman–Crippen MR) is 51.0 cm³/mol. The first-order valence-electron chi connectivity index (χ1n) is 2.88. The summed E-state index contributed by atoms with van der Waals surface area (Å²) in [7, 11) is 0. The highest BCUT2D eigenvalue weighted by Crippen LogP contribution is 2.18. The van der Waals surface area contributed by atoms with Gasteiger partial charge in [0.1, 0.15) is 0 Å². The predicted octanol–water partition coefficient (Wildman–Crippen LogP) is 2.91. The summed E-state index contributed by atoms with van der Waals surface area (Å²) in [5.74, 6) is 0. The molecule has 0 heterocycles. The first kappa shape index (κ1) is 7.76. The minimum Gasteiger partial charge on any atom is -0.143 e. The van der Waals surface area contributed by atoms with E-state index in [4.69, 9.17) is 0 Å². The minimum absolute atomic E-state index is 0.919. The standard InChI is InChI=1S/C8H8S2/c1-2-6-3-4-7(9)5-8(6)10/h2-5,9-10H,1H2. The van der Waals surface area contributed by atoms with E-state index in [-0.39, 0.29) is 0 Å². The Morgan fingerprint density at radius 2 is 2.00 bits per heavy atom. The molecule has 0 spiro atoms. The molecule has 0 aliphatic carbocycles. The van der Waals surface area contributed by atoms with Crippen LogP contribution < -0.4 is 0 Å². The Hall–Kier alpha value is -0.340. The summed E-state index contributed by atoms with van der Waals surface area (Å²) in [6.07, 6.45) is 1.77. The van der Waals surface area contributed by atoms with Gasteiger partial charge in [0.25, 0.3) is 0 Å². The molecule has 0 N–H and O–H groups in total. The van der Waals surface area contributed by atoms with Gasteiger partial charge in [-0.25, -0.2) is 0 Å². The Morgan fingerprint density at radius 3 is 2.50 bits per heavy atom. The van der Waals surface area contributed by atoms with Gasteiger partial charge in [-0.3, -0.25) is 0 Å². The highest BCUT2D eigenvalue weighted by molar-refractivity contribution is 7.81. The number of benzene rings is 1. The van der Waals surface area contributed by atoms with Crippen LogP contribution in [0.4, 0.5) is 0 Å². The summed E-state index contributed by atoms with van der Waals surface area (Å²) in [6, 6.07) is 5.75. The molecule has 0 fully saturated rings. The molecule has 0 saturated heterocycles. The molecule has 0 bridgehead atoms. The van der Waals surface area contributed by atoms with E-state index >= 15 is 0 Å². The van der Waals surface area contributed by atoms with Crippen molar-refractivity contribution in [2.75, 3.05) is 0 Å². The van der Waals surface area contributed by atoms with Gasteiger partial charge < -0.3 is 0 Å². The summed E-state index contributed by atoms with van der Waals surface area (Å²) in [4.78, 5) is 1.85. The molecule has 2 heteroatoms. The number of hydrogen-bond acceptors (Lipinski definition) is 2. The van der Waals surface area contributed by atoms with E-state index in [2.05, 4.69) is 31.8 Å². The quantitative estimate of drug-likeness (QED) is 0.592. The number of thiol groups is 2. The Labute approximate surface area is 71.8 Å². The fraction of sp³-hybridized carbons (Fsp3) is 0. The first-order chi connectivity index (χ1) is 4.74. The zero-order chi connectivity index (χ0) is 7.56. The van der Waals surface area contributed by atoms with Gasteiger partial charge in [-0.05, 0) is 17.7 Å². The molecule has 0 saturated carbocycles. The Balaban J connectivity index is 3.19. The summed E-state index contributed by atoms with van der Waals surface area (Å²) >= 11 is 8.38. The lowest BCUT2D eigenvalue weighted by atomic mass is 10.2. The average Bonchev–Trinajstić information content (AvgIpc) is 1.88. The highest BCUT2D eigenvalue weighted by Gasteiger charge is 1.92. The fourth-order valence-electron chi connectivity index (χ4n) is 0.705. The molecule has 1 rings (SSSR count). The van der Waals surface area contributed by atoms with Crippen LogP contribution in [0, 0.1) is 0 Å². The summed E-state index contributed by atoms with van der Waals surface area (Å²) < 4.78 is 0. The van der Waals surface area contributed by atoms with E-state index in [1.165, 1.54) is 0 Å². The van der Waals surface area contributed by atoms with Gasteiger partial charge in [0.15, 0.2) is 0 Å². The second-order valence-corrected chi connectivity index (χ2v) is 2.95. The molecule has 0 atom stereocenters. The maximum atomic E-state index is 4.23. The molecular formula is C8H8S2. The fourth-order valence-corrected chi connectivity index (χ4v) is 1.32. The van der Waals surface area contributed by atoms with Crippen LogP contribution in [0.25, 0.3) is 6.08 Å². The minimum atomic E-state index is 0.919. The maximum absolute atomic E-state index is 4.23. The van der Waals surface area contributed by atoms with Crippen molar-refractivity contribution < 1.29 is 0 Å². The van der Waals surface area contributed by atoms with E-state index in [1.54, 1.807) is 6.08 Å². The van der Waals surface area contributed by atoms with Crippen molar-refractivity contribution in [3.63, 3.8) is 0 Å². The summed E-state index contributed by atoms with van der Waals surface area (Å²) in [6.45, 7) is 3.65. The Kier molecular flexibility index (Phi) is 2.46. The van der Waals surface area contributed by atoms with Gasteiger partial charge in [-0.1, -0.05) is 18.7 Å². The summed E-state index contributed by atoms with van der Waals surface area (Å²) in [5.41, 5.74) is 1.04. The maximum Gasteiger partial charge on any atom is 0.0123 e. The first-order valence-corrected chi connectivity index (χ1v) is 3.78. The second kappa shape index (κ2) is 3.17. The molecule has 0 nitrogen and oxygen atoms in total. The van der Waals surface area contributed by atoms with Gasteiger partial charge in [0, 0.05) is 9.79 Å². The second-order valence-electron chi connectivity index (χ2n) is 1.95. The zero-order valence-corrected chi connectivity index (χ0v) is 7.20. The molecule has 0 aromatic heterocycles. The highest BCUT2D eigenvalue weighted by atomic mass is 32.1. The van der Waals surface area contributed by atoms with Crippen LogP contribution in [-0.2, 0) is 0 Å². The third-order valence-corrected chi connectivity index (χ3v) is 1.90. The SMILES string of the molecule is C=Cc1ccc(S)cc1S. The van der Waals surface area contributed by atoms with Crippen molar-refractivity contribution in [1.82, 2.24) is 0 Å². The van der Waals surface area contributed by atoms with Crippen LogP contribution in [0.2, 0.25) is 0 Å². The number of rotatable bonds is 1. The zero-order valence-electron chi connectivity index (χ0n) is 5.41. The molecule has 0 amide bonds. The molecule has 52 valence electrons. The Morgan fingerprint density at radius 1 is 1.30 bits per heavy atom. The van der Waals surface area contributed by atoms with Crippen molar-refractivity contribution in [3.8, 4) is 0 Å². The molecular weight excluding hydrogens is 160 g/mol. The molecule has 0 aliphatic rings. The van der Waals surface area contributed by atoms with Crippen molar-refractivity contribution in [2.45, 2.75) is 9.79 Å². The van der Waals surface area contributed by atoms with E-state index in [1.807, 2.05) is 18.2 Å². The van der Waals surface area contributed by atoms with Gasteiger partial charge in [0.05, 0.1) is 0 Å². The van der Waals surface area contributed by atoms with Gasteiger partial charge >= 0.3 is 0 Å². The molecule has 0 radical (unpaired) electrons. The van der Waals surface area contributed by atoms with E-state index in [0.29, 0.717) is 0 Å². The third-order valence-electron chi connectivity index (χ3n) is 1.23. The van der Waals surface area contributed by atoms with Crippen LogP contribution in [0.15, 0.2) is 34.6 Å². The van der Waals surface area contributed by atoms with Crippen molar-refractivity contribution in [2.24, 2.45) is 0 Å². The van der Waals surface area contributed by atoms with Gasteiger partial charge in [0.2, 0.25) is 0 Å². The van der Waals surface area contributed by atoms with Crippen LogP contribution in [0.1, 0.15) is 5.56 Å². The van der Waals surface area contributed by atoms with Crippen LogP contribution >= 0.6 is 25.3 Å². The molecule has 1 aromatic rings. The molecule has 10 heavy (non-hydrogen) atoms. The van der Waals surface area contributed by atoms with Crippen LogP contribution in [0.5, 0.6) is 0 Å². The summed E-state index contributed by atoms with van der Waals surface area (Å²) in [5, 5.41) is 0. The van der Waals surface area contributed by atoms with Crippen LogP contribution in [0.3, 0.4) is 0 Å². The molecule has 0 aliphatic heterocycles. The third kappa shape index (κ3) is 1.58. The topological polar surface area (TPSA) is 0 Å². The largest absolute Gasteiger partial charge is 0.143 e. The van der Waals surface area contributed by atoms with Gasteiger partial charge in [-0.2, -0.15) is 0 Å². The smallest absolute Gasteiger partial charge is 0.0123 e. The average molecular weight is 168 g/mol. The monoisotopic (exact) mass is 168 g/mol. The normalized spacial score (nSPS) is 9.40. The van der Waals surface area contributed by atoms with Crippen LogP contribution in [-0.4, -0.2) is 0 Å². The lowest BCUT2D eigenvalue weighted by Gasteiger charge is -1.98. The Bertz CT molecular complexity index is 253. The molecule has 1 aromatic carbocycles. The van der Waals surface area contributed by atoms with E-state index < -0.39 is 0 Å². The van der Waals surface area contributed by atoms with E-state index in [0.717, 1.165) is 15.4 Å². The lowest BCUT2D eigenvalue weighted by Crippen LogP contribution is -1.74.